The molecule has 1 aliphatic heterocycles. The molecule has 0 aromatic heterocycles. The fraction of sp³-hybridized carbons (Fsp3) is 0.462. The Morgan fingerprint density at radius 3 is 2.68 bits per heavy atom. The van der Waals surface area contributed by atoms with Gasteiger partial charge in [0, 0.05) is 13.1 Å². The van der Waals surface area contributed by atoms with Crippen molar-refractivity contribution in [1.29, 1.82) is 0 Å². The van der Waals surface area contributed by atoms with Gasteiger partial charge >= 0.3 is 6.18 Å². The molecule has 3 nitrogen and oxygen atoms in total. The monoisotopic (exact) mass is 272 g/mol. The number of alkyl halides is 3. The van der Waals surface area contributed by atoms with Crippen molar-refractivity contribution in [2.45, 2.75) is 25.7 Å². The Bertz CT molecular complexity index is 473. The molecule has 0 bridgehead atoms. The average Bonchev–Trinajstić information content (AvgIpc) is 2.30. The van der Waals surface area contributed by atoms with Gasteiger partial charge in [-0.15, -0.1) is 0 Å². The quantitative estimate of drug-likeness (QED) is 0.891. The third-order valence-corrected chi connectivity index (χ3v) is 3.29. The Kier molecular flexibility index (Phi) is 3.80. The predicted octanol–water partition coefficient (Wildman–Crippen LogP) is 1.86. The van der Waals surface area contributed by atoms with Gasteiger partial charge in [0.05, 0.1) is 6.54 Å². The minimum atomic E-state index is -4.34. The molecular formula is C13H15F3N2O. The Morgan fingerprint density at radius 2 is 2.05 bits per heavy atom. The Morgan fingerprint density at radius 1 is 1.37 bits per heavy atom. The summed E-state index contributed by atoms with van der Waals surface area (Å²) in [5.41, 5.74) is 1.74. The molecule has 0 spiro atoms. The van der Waals surface area contributed by atoms with Crippen molar-refractivity contribution in [3.63, 3.8) is 0 Å². The van der Waals surface area contributed by atoms with Crippen molar-refractivity contribution in [1.82, 2.24) is 10.2 Å². The molecule has 0 radical (unpaired) electrons. The highest BCUT2D eigenvalue weighted by Gasteiger charge is 2.46. The van der Waals surface area contributed by atoms with Gasteiger partial charge < -0.3 is 5.32 Å². The molecule has 1 atom stereocenters. The summed E-state index contributed by atoms with van der Waals surface area (Å²) in [6.07, 6.45) is -4.34. The number of halogens is 3. The first-order valence-corrected chi connectivity index (χ1v) is 6.00. The molecule has 1 aromatic rings. The normalized spacial score (nSPS) is 21.3. The van der Waals surface area contributed by atoms with Crippen LogP contribution in [0.2, 0.25) is 0 Å². The molecule has 19 heavy (non-hydrogen) atoms. The maximum absolute atomic E-state index is 12.9. The fourth-order valence-electron chi connectivity index (χ4n) is 2.19. The van der Waals surface area contributed by atoms with E-state index in [1.165, 1.54) is 4.90 Å². The number of carbonyl (C=O) groups excluding carboxylic acids is 1. The van der Waals surface area contributed by atoms with E-state index in [4.69, 9.17) is 0 Å². The highest BCUT2D eigenvalue weighted by molar-refractivity contribution is 5.78. The second kappa shape index (κ2) is 5.21. The molecule has 1 saturated heterocycles. The smallest absolute Gasteiger partial charge is 0.353 e. The summed E-state index contributed by atoms with van der Waals surface area (Å²) in [6, 6.07) is 5.64. The Labute approximate surface area is 109 Å². The number of benzene rings is 1. The molecule has 104 valence electrons. The molecule has 6 heteroatoms. The minimum absolute atomic E-state index is 0.129. The van der Waals surface area contributed by atoms with E-state index in [0.29, 0.717) is 0 Å². The van der Waals surface area contributed by atoms with Crippen molar-refractivity contribution < 1.29 is 18.0 Å². The number of amides is 1. The summed E-state index contributed by atoms with van der Waals surface area (Å²) in [6.45, 7) is 1.37. The lowest BCUT2D eigenvalue weighted by atomic mass is 10.1. The van der Waals surface area contributed by atoms with Crippen LogP contribution < -0.4 is 5.32 Å². The molecule has 1 aromatic carbocycles. The van der Waals surface area contributed by atoms with E-state index < -0.39 is 12.2 Å². The first-order valence-electron chi connectivity index (χ1n) is 6.00. The number of nitrogens with one attached hydrogen (secondary N) is 1. The first kappa shape index (κ1) is 13.9. The number of piperazine rings is 1. The molecule has 1 N–H and O–H groups in total. The standard InChI is InChI=1S/C13H15F3N2O/c1-9-4-2-3-5-10(9)7-18-8-12(19)17-6-11(18)13(14,15)16/h2-5,11H,6-8H2,1H3,(H,17,19). The van der Waals surface area contributed by atoms with Crippen LogP contribution in [-0.2, 0) is 11.3 Å². The highest BCUT2D eigenvalue weighted by Crippen LogP contribution is 2.27. The van der Waals surface area contributed by atoms with Crippen molar-refractivity contribution in [3.8, 4) is 0 Å². The van der Waals surface area contributed by atoms with Gasteiger partial charge in [-0.1, -0.05) is 24.3 Å². The van der Waals surface area contributed by atoms with Crippen LogP contribution in [0.4, 0.5) is 13.2 Å². The van der Waals surface area contributed by atoms with Gasteiger partial charge in [-0.05, 0) is 18.1 Å². The van der Waals surface area contributed by atoms with Crippen LogP contribution in [0.3, 0.4) is 0 Å². The number of hydrogen-bond donors (Lipinski definition) is 1. The first-order chi connectivity index (χ1) is 8.88. The lowest BCUT2D eigenvalue weighted by molar-refractivity contribution is -0.190. The average molecular weight is 272 g/mol. The summed E-state index contributed by atoms with van der Waals surface area (Å²) in [7, 11) is 0. The highest BCUT2D eigenvalue weighted by atomic mass is 19.4. The second-order valence-electron chi connectivity index (χ2n) is 4.69. The van der Waals surface area contributed by atoms with Crippen molar-refractivity contribution in [3.05, 3.63) is 35.4 Å². The van der Waals surface area contributed by atoms with Crippen LogP contribution in [0, 0.1) is 6.92 Å². The summed E-state index contributed by atoms with van der Waals surface area (Å²) >= 11 is 0. The Hall–Kier alpha value is -1.56. The van der Waals surface area contributed by atoms with Gasteiger partial charge in [0.1, 0.15) is 6.04 Å². The molecule has 1 unspecified atom stereocenters. The molecular weight excluding hydrogens is 257 g/mol. The summed E-state index contributed by atoms with van der Waals surface area (Å²) in [5.74, 6) is -0.367. The zero-order chi connectivity index (χ0) is 14.0. The second-order valence-corrected chi connectivity index (χ2v) is 4.69. The van der Waals surface area contributed by atoms with E-state index in [9.17, 15) is 18.0 Å². The minimum Gasteiger partial charge on any atom is -0.353 e. The number of aryl methyl sites for hydroxylation is 1. The number of nitrogens with zero attached hydrogens (tertiary/aromatic N) is 1. The van der Waals surface area contributed by atoms with Crippen molar-refractivity contribution >= 4 is 5.91 Å². The number of carbonyl (C=O) groups is 1. The predicted molar refractivity (Wildman–Crippen MR) is 64.4 cm³/mol. The third kappa shape index (κ3) is 3.26. The maximum Gasteiger partial charge on any atom is 0.405 e. The van der Waals surface area contributed by atoms with Crippen LogP contribution in [0.5, 0.6) is 0 Å². The largest absolute Gasteiger partial charge is 0.405 e. The van der Waals surface area contributed by atoms with E-state index in [0.717, 1.165) is 11.1 Å². The van der Waals surface area contributed by atoms with Crippen molar-refractivity contribution in [2.24, 2.45) is 0 Å². The molecule has 0 aliphatic carbocycles. The number of hydrogen-bond acceptors (Lipinski definition) is 2. The van der Waals surface area contributed by atoms with Gasteiger partial charge in [-0.2, -0.15) is 13.2 Å². The van der Waals surface area contributed by atoms with E-state index in [2.05, 4.69) is 5.32 Å². The van der Waals surface area contributed by atoms with Gasteiger partial charge in [0.15, 0.2) is 0 Å². The van der Waals surface area contributed by atoms with Gasteiger partial charge in [0.25, 0.3) is 0 Å². The van der Waals surface area contributed by atoms with Gasteiger partial charge in [0.2, 0.25) is 5.91 Å². The molecule has 0 saturated carbocycles. The summed E-state index contributed by atoms with van der Waals surface area (Å²) in [5, 5.41) is 2.27. The van der Waals surface area contributed by atoms with Crippen molar-refractivity contribution in [2.75, 3.05) is 13.1 Å². The molecule has 1 fully saturated rings. The third-order valence-electron chi connectivity index (χ3n) is 3.29. The van der Waals surface area contributed by atoms with E-state index in [1.807, 2.05) is 19.1 Å². The Balaban J connectivity index is 2.19. The molecule has 2 rings (SSSR count). The summed E-state index contributed by atoms with van der Waals surface area (Å²) in [4.78, 5) is 12.5. The van der Waals surface area contributed by atoms with Crippen LogP contribution in [-0.4, -0.2) is 36.1 Å². The zero-order valence-corrected chi connectivity index (χ0v) is 10.5. The van der Waals surface area contributed by atoms with E-state index in [1.54, 1.807) is 12.1 Å². The molecule has 1 amide bonds. The van der Waals surface area contributed by atoms with E-state index >= 15 is 0 Å². The maximum atomic E-state index is 12.9. The summed E-state index contributed by atoms with van der Waals surface area (Å²) < 4.78 is 38.8. The lowest BCUT2D eigenvalue weighted by Crippen LogP contribution is -2.59. The van der Waals surface area contributed by atoms with Crippen LogP contribution in [0.25, 0.3) is 0 Å². The van der Waals surface area contributed by atoms with Crippen LogP contribution >= 0.6 is 0 Å². The van der Waals surface area contributed by atoms with Crippen LogP contribution in [0.15, 0.2) is 24.3 Å². The van der Waals surface area contributed by atoms with E-state index in [-0.39, 0.29) is 25.5 Å². The zero-order valence-electron chi connectivity index (χ0n) is 10.5. The van der Waals surface area contributed by atoms with Crippen LogP contribution in [0.1, 0.15) is 11.1 Å². The SMILES string of the molecule is Cc1ccccc1CN1CC(=O)NCC1C(F)(F)F. The fourth-order valence-corrected chi connectivity index (χ4v) is 2.19. The number of rotatable bonds is 2. The molecule has 1 aliphatic rings. The topological polar surface area (TPSA) is 32.3 Å². The lowest BCUT2D eigenvalue weighted by Gasteiger charge is -2.36. The molecule has 1 heterocycles. The van der Waals surface area contributed by atoms with Gasteiger partial charge in [-0.3, -0.25) is 9.69 Å². The van der Waals surface area contributed by atoms with Gasteiger partial charge in [-0.25, -0.2) is 0 Å².